The van der Waals surface area contributed by atoms with Crippen molar-refractivity contribution in [2.45, 2.75) is 20.0 Å². The first-order chi connectivity index (χ1) is 9.59. The van der Waals surface area contributed by atoms with Gasteiger partial charge in [-0.1, -0.05) is 56.3 Å². The number of aromatic hydroxyl groups is 1. The first-order valence-electron chi connectivity index (χ1n) is 6.79. The van der Waals surface area contributed by atoms with Crippen LogP contribution < -0.4 is 0 Å². The Labute approximate surface area is 119 Å². The molecule has 0 aliphatic carbocycles. The van der Waals surface area contributed by atoms with Crippen molar-refractivity contribution in [2.24, 2.45) is 5.41 Å². The molecule has 20 heavy (non-hydrogen) atoms. The summed E-state index contributed by atoms with van der Waals surface area (Å²) in [6, 6.07) is 17.6. The fourth-order valence-electron chi connectivity index (χ4n) is 2.84. The summed E-state index contributed by atoms with van der Waals surface area (Å²) >= 11 is 0. The average Bonchev–Trinajstić information content (AvgIpc) is 2.75. The number of phenols is 1. The Morgan fingerprint density at radius 1 is 1.00 bits per heavy atom. The highest BCUT2D eigenvalue weighted by molar-refractivity contribution is 5.71. The molecule has 0 spiro atoms. The lowest BCUT2D eigenvalue weighted by Crippen LogP contribution is -2.20. The van der Waals surface area contributed by atoms with E-state index in [9.17, 15) is 5.11 Å². The smallest absolute Gasteiger partial charge is 0.132 e. The number of hydrogen-bond donors (Lipinski definition) is 1. The van der Waals surface area contributed by atoms with Crippen LogP contribution in [0.2, 0.25) is 0 Å². The third-order valence-electron chi connectivity index (χ3n) is 3.93. The predicted octanol–water partition coefficient (Wildman–Crippen LogP) is 4.53. The van der Waals surface area contributed by atoms with Gasteiger partial charge in [-0.2, -0.15) is 0 Å². The monoisotopic (exact) mass is 266 g/mol. The second kappa shape index (κ2) is 4.71. The Balaban J connectivity index is 1.96. The zero-order chi connectivity index (χ0) is 14.2. The summed E-state index contributed by atoms with van der Waals surface area (Å²) < 4.78 is 5.90. The maximum atomic E-state index is 9.65. The number of hydrogen-bond acceptors (Lipinski definition) is 2. The van der Waals surface area contributed by atoms with Crippen LogP contribution in [0.3, 0.4) is 0 Å². The second-order valence-corrected chi connectivity index (χ2v) is 5.73. The van der Waals surface area contributed by atoms with Gasteiger partial charge < -0.3 is 9.84 Å². The Hall–Kier alpha value is -2.22. The Morgan fingerprint density at radius 3 is 2.45 bits per heavy atom. The lowest BCUT2D eigenvalue weighted by molar-refractivity contribution is 0.0977. The minimum Gasteiger partial charge on any atom is -0.508 e. The van der Waals surface area contributed by atoms with Crippen molar-refractivity contribution < 1.29 is 9.84 Å². The second-order valence-electron chi connectivity index (χ2n) is 5.73. The largest absolute Gasteiger partial charge is 0.508 e. The van der Waals surface area contributed by atoms with E-state index in [2.05, 4.69) is 26.0 Å². The Bertz CT molecular complexity index is 641. The van der Waals surface area contributed by atoms with Crippen molar-refractivity contribution in [3.8, 4) is 5.75 Å². The minimum atomic E-state index is -0.144. The Kier molecular flexibility index (Phi) is 3.01. The first kappa shape index (κ1) is 12.8. The molecular formula is C18H18O2. The zero-order valence-electron chi connectivity index (χ0n) is 11.7. The van der Waals surface area contributed by atoms with Gasteiger partial charge in [0.05, 0.1) is 6.26 Å². The van der Waals surface area contributed by atoms with Gasteiger partial charge in [-0.25, -0.2) is 0 Å². The molecule has 1 atom stereocenters. The molecule has 0 amide bonds. The molecular weight excluding hydrogens is 248 g/mol. The van der Waals surface area contributed by atoms with Crippen LogP contribution in [0.1, 0.15) is 31.1 Å². The molecule has 1 aliphatic heterocycles. The zero-order valence-corrected chi connectivity index (χ0v) is 11.7. The van der Waals surface area contributed by atoms with Gasteiger partial charge >= 0.3 is 0 Å². The van der Waals surface area contributed by atoms with E-state index in [0.29, 0.717) is 0 Å². The third-order valence-corrected chi connectivity index (χ3v) is 3.93. The molecule has 0 aromatic heterocycles. The van der Waals surface area contributed by atoms with Crippen molar-refractivity contribution in [1.29, 1.82) is 0 Å². The quantitative estimate of drug-likeness (QED) is 0.865. The standard InChI is InChI=1S/C18H18O2/c1-18(2)16(13-7-4-3-5-8-13)12-20-17(18)14-9-6-10-15(19)11-14/h3-12,17,19H,1-2H3. The summed E-state index contributed by atoms with van der Waals surface area (Å²) in [5.74, 6) is 0.273. The summed E-state index contributed by atoms with van der Waals surface area (Å²) in [6.45, 7) is 4.35. The van der Waals surface area contributed by atoms with Gasteiger partial charge in [-0.3, -0.25) is 0 Å². The highest BCUT2D eigenvalue weighted by Crippen LogP contribution is 2.51. The molecule has 3 rings (SSSR count). The lowest BCUT2D eigenvalue weighted by Gasteiger charge is -2.29. The minimum absolute atomic E-state index is 0.0789. The lowest BCUT2D eigenvalue weighted by atomic mass is 9.75. The van der Waals surface area contributed by atoms with Crippen LogP contribution in [0.5, 0.6) is 5.75 Å². The molecule has 0 saturated carbocycles. The highest BCUT2D eigenvalue weighted by atomic mass is 16.5. The molecule has 1 unspecified atom stereocenters. The summed E-state index contributed by atoms with van der Waals surface area (Å²) in [7, 11) is 0. The predicted molar refractivity (Wildman–Crippen MR) is 80.1 cm³/mol. The van der Waals surface area contributed by atoms with Gasteiger partial charge in [-0.15, -0.1) is 0 Å². The van der Waals surface area contributed by atoms with Crippen LogP contribution in [0.15, 0.2) is 60.9 Å². The van der Waals surface area contributed by atoms with Crippen LogP contribution in [-0.4, -0.2) is 5.11 Å². The van der Waals surface area contributed by atoms with Crippen LogP contribution in [0, 0.1) is 5.41 Å². The van der Waals surface area contributed by atoms with Gasteiger partial charge in [-0.05, 0) is 23.3 Å². The van der Waals surface area contributed by atoms with Crippen molar-refractivity contribution >= 4 is 5.57 Å². The van der Waals surface area contributed by atoms with Crippen molar-refractivity contribution in [3.05, 3.63) is 72.0 Å². The van der Waals surface area contributed by atoms with Crippen molar-refractivity contribution in [3.63, 3.8) is 0 Å². The molecule has 0 fully saturated rings. The van der Waals surface area contributed by atoms with Crippen molar-refractivity contribution in [2.75, 3.05) is 0 Å². The molecule has 1 aliphatic rings. The van der Waals surface area contributed by atoms with E-state index in [4.69, 9.17) is 4.74 Å². The van der Waals surface area contributed by atoms with E-state index >= 15 is 0 Å². The number of rotatable bonds is 2. The number of benzene rings is 2. The maximum Gasteiger partial charge on any atom is 0.132 e. The molecule has 2 nitrogen and oxygen atoms in total. The maximum absolute atomic E-state index is 9.65. The van der Waals surface area contributed by atoms with E-state index in [0.717, 1.165) is 5.56 Å². The topological polar surface area (TPSA) is 29.5 Å². The van der Waals surface area contributed by atoms with Gasteiger partial charge in [0, 0.05) is 11.0 Å². The Morgan fingerprint density at radius 2 is 1.75 bits per heavy atom. The SMILES string of the molecule is CC1(C)C(c2ccccc2)=COC1c1cccc(O)c1. The summed E-state index contributed by atoms with van der Waals surface area (Å²) in [6.07, 6.45) is 1.77. The molecule has 0 bridgehead atoms. The molecule has 1 heterocycles. The normalized spacial score (nSPS) is 20.3. The average molecular weight is 266 g/mol. The molecule has 2 aromatic rings. The first-order valence-corrected chi connectivity index (χ1v) is 6.79. The number of phenolic OH excluding ortho intramolecular Hbond substituents is 1. The summed E-state index contributed by atoms with van der Waals surface area (Å²) in [4.78, 5) is 0. The molecule has 0 radical (unpaired) electrons. The van der Waals surface area contributed by atoms with Gasteiger partial charge in [0.15, 0.2) is 0 Å². The molecule has 102 valence electrons. The van der Waals surface area contributed by atoms with Gasteiger partial charge in [0.25, 0.3) is 0 Å². The van der Waals surface area contributed by atoms with Crippen LogP contribution in [0.25, 0.3) is 5.57 Å². The van der Waals surface area contributed by atoms with E-state index in [-0.39, 0.29) is 17.3 Å². The van der Waals surface area contributed by atoms with Crippen LogP contribution >= 0.6 is 0 Å². The number of ether oxygens (including phenoxy) is 1. The van der Waals surface area contributed by atoms with Crippen LogP contribution in [0.4, 0.5) is 0 Å². The van der Waals surface area contributed by atoms with E-state index in [1.54, 1.807) is 12.1 Å². The van der Waals surface area contributed by atoms with E-state index < -0.39 is 0 Å². The van der Waals surface area contributed by atoms with Crippen LogP contribution in [-0.2, 0) is 4.74 Å². The molecule has 0 saturated heterocycles. The highest BCUT2D eigenvalue weighted by Gasteiger charge is 2.41. The molecule has 2 aromatic carbocycles. The fourth-order valence-corrected chi connectivity index (χ4v) is 2.84. The summed E-state index contributed by atoms with van der Waals surface area (Å²) in [5.41, 5.74) is 3.22. The third kappa shape index (κ3) is 2.07. The molecule has 1 N–H and O–H groups in total. The van der Waals surface area contributed by atoms with E-state index in [1.165, 1.54) is 11.1 Å². The van der Waals surface area contributed by atoms with Gasteiger partial charge in [0.2, 0.25) is 0 Å². The van der Waals surface area contributed by atoms with Crippen molar-refractivity contribution in [1.82, 2.24) is 0 Å². The van der Waals surface area contributed by atoms with Gasteiger partial charge in [0.1, 0.15) is 11.9 Å². The molecule has 2 heteroatoms. The van der Waals surface area contributed by atoms with E-state index in [1.807, 2.05) is 36.6 Å². The summed E-state index contributed by atoms with van der Waals surface area (Å²) in [5, 5.41) is 9.65. The fraction of sp³-hybridized carbons (Fsp3) is 0.222.